The van der Waals surface area contributed by atoms with Crippen molar-refractivity contribution in [1.29, 1.82) is 0 Å². The van der Waals surface area contributed by atoms with E-state index >= 15 is 0 Å². The molecule has 2 saturated heterocycles. The lowest BCUT2D eigenvalue weighted by atomic mass is 10.1. The number of hydrogen-bond donors (Lipinski definition) is 1. The van der Waals surface area contributed by atoms with Gasteiger partial charge in [-0.3, -0.25) is 4.79 Å². The monoisotopic (exact) mass is 270 g/mol. The van der Waals surface area contributed by atoms with E-state index in [0.29, 0.717) is 13.0 Å². The fraction of sp³-hybridized carbons (Fsp3) is 0.929. The molecule has 2 aliphatic rings. The van der Waals surface area contributed by atoms with E-state index in [1.54, 1.807) is 0 Å². The molecule has 2 aliphatic heterocycles. The predicted molar refractivity (Wildman–Crippen MR) is 72.9 cm³/mol. The van der Waals surface area contributed by atoms with Crippen LogP contribution in [0.5, 0.6) is 0 Å². The topological polar surface area (TPSA) is 53.0 Å². The van der Waals surface area contributed by atoms with Gasteiger partial charge in [-0.2, -0.15) is 0 Å². The Kier molecular flexibility index (Phi) is 6.07. The van der Waals surface area contributed by atoms with Gasteiger partial charge in [0.05, 0.1) is 19.3 Å². The van der Waals surface area contributed by atoms with Crippen molar-refractivity contribution in [3.63, 3.8) is 0 Å². The molecular formula is C14H26N2O3. The average molecular weight is 270 g/mol. The number of carbonyl (C=O) groups excluding carboxylic acids is 1. The number of carbonyl (C=O) groups is 1. The maximum atomic E-state index is 12.1. The van der Waals surface area contributed by atoms with E-state index in [0.717, 1.165) is 45.6 Å². The number of rotatable bonds is 6. The van der Waals surface area contributed by atoms with Gasteiger partial charge in [0.2, 0.25) is 5.91 Å². The third kappa shape index (κ3) is 4.75. The third-order valence-electron chi connectivity index (χ3n) is 4.08. The van der Waals surface area contributed by atoms with Crippen LogP contribution in [0.25, 0.3) is 0 Å². The van der Waals surface area contributed by atoms with E-state index in [-0.39, 0.29) is 18.6 Å². The smallest absolute Gasteiger partial charge is 0.223 e. The Labute approximate surface area is 115 Å². The maximum Gasteiger partial charge on any atom is 0.223 e. The van der Waals surface area contributed by atoms with Crippen LogP contribution in [0.15, 0.2) is 0 Å². The molecule has 0 radical (unpaired) electrons. The Bertz CT molecular complexity index is 272. The zero-order chi connectivity index (χ0) is 13.5. The molecule has 2 rings (SSSR count). The van der Waals surface area contributed by atoms with Crippen molar-refractivity contribution in [2.75, 3.05) is 45.9 Å². The summed E-state index contributed by atoms with van der Waals surface area (Å²) in [5.41, 5.74) is 0. The second-order valence-corrected chi connectivity index (χ2v) is 5.47. The van der Waals surface area contributed by atoms with Gasteiger partial charge >= 0.3 is 0 Å². The Hall–Kier alpha value is -0.650. The van der Waals surface area contributed by atoms with Crippen LogP contribution in [0.2, 0.25) is 0 Å². The first-order chi connectivity index (χ1) is 9.29. The van der Waals surface area contributed by atoms with E-state index in [2.05, 4.69) is 4.90 Å². The van der Waals surface area contributed by atoms with Gasteiger partial charge in [0.1, 0.15) is 0 Å². The van der Waals surface area contributed by atoms with E-state index in [1.165, 1.54) is 12.8 Å². The first-order valence-corrected chi connectivity index (χ1v) is 7.52. The van der Waals surface area contributed by atoms with Crippen molar-refractivity contribution in [1.82, 2.24) is 9.80 Å². The van der Waals surface area contributed by atoms with Crippen LogP contribution in [0, 0.1) is 0 Å². The van der Waals surface area contributed by atoms with Gasteiger partial charge in [0.25, 0.3) is 0 Å². The second-order valence-electron chi connectivity index (χ2n) is 5.47. The SMILES string of the molecule is O=C(CCN1CCCC1)N1CCC(OCCO)CC1. The first kappa shape index (κ1) is 14.8. The van der Waals surface area contributed by atoms with Gasteiger partial charge < -0.3 is 19.6 Å². The molecule has 0 atom stereocenters. The van der Waals surface area contributed by atoms with Crippen molar-refractivity contribution in [2.24, 2.45) is 0 Å². The minimum atomic E-state index is 0.0784. The molecule has 0 aliphatic carbocycles. The van der Waals surface area contributed by atoms with Gasteiger partial charge in [-0.05, 0) is 38.8 Å². The molecule has 0 aromatic carbocycles. The van der Waals surface area contributed by atoms with Gasteiger partial charge in [0.15, 0.2) is 0 Å². The molecule has 0 aromatic rings. The summed E-state index contributed by atoms with van der Waals surface area (Å²) in [6, 6.07) is 0. The molecule has 1 N–H and O–H groups in total. The van der Waals surface area contributed by atoms with E-state index in [9.17, 15) is 4.79 Å². The second kappa shape index (κ2) is 7.82. The average Bonchev–Trinajstić information content (AvgIpc) is 2.96. The van der Waals surface area contributed by atoms with Crippen molar-refractivity contribution in [3.05, 3.63) is 0 Å². The molecular weight excluding hydrogens is 244 g/mol. The van der Waals surface area contributed by atoms with Crippen molar-refractivity contribution >= 4 is 5.91 Å². The van der Waals surface area contributed by atoms with Crippen LogP contribution in [-0.4, -0.2) is 72.9 Å². The Morgan fingerprint density at radius 3 is 2.47 bits per heavy atom. The molecule has 0 spiro atoms. The summed E-state index contributed by atoms with van der Waals surface area (Å²) < 4.78 is 5.51. The number of nitrogens with zero attached hydrogens (tertiary/aromatic N) is 2. The van der Waals surface area contributed by atoms with E-state index < -0.39 is 0 Å². The molecule has 5 heteroatoms. The van der Waals surface area contributed by atoms with E-state index in [1.807, 2.05) is 4.90 Å². The Balaban J connectivity index is 1.61. The van der Waals surface area contributed by atoms with Gasteiger partial charge in [-0.25, -0.2) is 0 Å². The fourth-order valence-corrected chi connectivity index (χ4v) is 2.91. The molecule has 0 aromatic heterocycles. The zero-order valence-electron chi connectivity index (χ0n) is 11.7. The highest BCUT2D eigenvalue weighted by molar-refractivity contribution is 5.76. The lowest BCUT2D eigenvalue weighted by Gasteiger charge is -2.32. The highest BCUT2D eigenvalue weighted by atomic mass is 16.5. The first-order valence-electron chi connectivity index (χ1n) is 7.52. The minimum absolute atomic E-state index is 0.0784. The third-order valence-corrected chi connectivity index (χ3v) is 4.08. The zero-order valence-corrected chi connectivity index (χ0v) is 11.7. The Morgan fingerprint density at radius 1 is 1.16 bits per heavy atom. The van der Waals surface area contributed by atoms with Crippen LogP contribution in [0.1, 0.15) is 32.1 Å². The van der Waals surface area contributed by atoms with Crippen LogP contribution in [0.4, 0.5) is 0 Å². The fourth-order valence-electron chi connectivity index (χ4n) is 2.91. The lowest BCUT2D eigenvalue weighted by molar-refractivity contribution is -0.134. The van der Waals surface area contributed by atoms with Crippen LogP contribution in [-0.2, 0) is 9.53 Å². The van der Waals surface area contributed by atoms with Gasteiger partial charge in [-0.15, -0.1) is 0 Å². The van der Waals surface area contributed by atoms with Gasteiger partial charge in [0, 0.05) is 26.1 Å². The molecule has 0 bridgehead atoms. The summed E-state index contributed by atoms with van der Waals surface area (Å²) in [5, 5.41) is 8.72. The molecule has 19 heavy (non-hydrogen) atoms. The quantitative estimate of drug-likeness (QED) is 0.762. The molecule has 1 amide bonds. The molecule has 2 heterocycles. The van der Waals surface area contributed by atoms with Crippen LogP contribution >= 0.6 is 0 Å². The molecule has 5 nitrogen and oxygen atoms in total. The number of ether oxygens (including phenoxy) is 1. The normalized spacial score (nSPS) is 22.1. The lowest BCUT2D eigenvalue weighted by Crippen LogP contribution is -2.42. The largest absolute Gasteiger partial charge is 0.394 e. The van der Waals surface area contributed by atoms with Crippen molar-refractivity contribution in [2.45, 2.75) is 38.2 Å². The number of aliphatic hydroxyl groups is 1. The summed E-state index contributed by atoms with van der Waals surface area (Å²) in [7, 11) is 0. The molecule has 2 fully saturated rings. The van der Waals surface area contributed by atoms with Crippen molar-refractivity contribution < 1.29 is 14.6 Å². The minimum Gasteiger partial charge on any atom is -0.394 e. The van der Waals surface area contributed by atoms with Gasteiger partial charge in [-0.1, -0.05) is 0 Å². The summed E-state index contributed by atoms with van der Waals surface area (Å²) in [4.78, 5) is 16.4. The molecule has 0 unspecified atom stereocenters. The number of aliphatic hydroxyl groups excluding tert-OH is 1. The van der Waals surface area contributed by atoms with Crippen molar-refractivity contribution in [3.8, 4) is 0 Å². The maximum absolute atomic E-state index is 12.1. The number of likely N-dealkylation sites (tertiary alicyclic amines) is 2. The summed E-state index contributed by atoms with van der Waals surface area (Å²) >= 11 is 0. The number of piperidine rings is 1. The molecule has 110 valence electrons. The standard InChI is InChI=1S/C14H26N2O3/c17-11-12-19-13-3-9-16(10-4-13)14(18)5-8-15-6-1-2-7-15/h13,17H,1-12H2. The summed E-state index contributed by atoms with van der Waals surface area (Å²) in [6.07, 6.45) is 5.23. The van der Waals surface area contributed by atoms with Crippen LogP contribution < -0.4 is 0 Å². The number of amides is 1. The molecule has 0 saturated carbocycles. The predicted octanol–water partition coefficient (Wildman–Crippen LogP) is 0.472. The van der Waals surface area contributed by atoms with E-state index in [4.69, 9.17) is 9.84 Å². The summed E-state index contributed by atoms with van der Waals surface area (Å²) in [5.74, 6) is 0.285. The highest BCUT2D eigenvalue weighted by Gasteiger charge is 2.23. The van der Waals surface area contributed by atoms with Crippen LogP contribution in [0.3, 0.4) is 0 Å². The Morgan fingerprint density at radius 2 is 1.84 bits per heavy atom. The summed E-state index contributed by atoms with van der Waals surface area (Å²) in [6.45, 7) is 5.32. The highest BCUT2D eigenvalue weighted by Crippen LogP contribution is 2.15. The number of hydrogen-bond acceptors (Lipinski definition) is 4.